The number of allylic oxidation sites excluding steroid dienone is 4. The van der Waals surface area contributed by atoms with Gasteiger partial charge < -0.3 is 20.3 Å². The third-order valence-corrected chi connectivity index (χ3v) is 17.7. The Morgan fingerprint density at radius 2 is 0.573 bits per heavy atom. The summed E-state index contributed by atoms with van der Waals surface area (Å²) in [6.45, 7) is 4.99. The summed E-state index contributed by atoms with van der Waals surface area (Å²) in [4.78, 5) is 24.7. The van der Waals surface area contributed by atoms with Crippen molar-refractivity contribution in [2.45, 2.75) is 437 Å². The molecule has 0 radical (unpaired) electrons. The number of unbranched alkanes of at least 4 members (excludes halogenated alkanes) is 56. The Balaban J connectivity index is 3.39. The Morgan fingerprint density at radius 1 is 0.329 bits per heavy atom. The normalized spacial score (nSPS) is 12.6. The quantitative estimate of drug-likeness (QED) is 0.0320. The van der Waals surface area contributed by atoms with Crippen LogP contribution in [0.2, 0.25) is 0 Å². The van der Waals surface area contributed by atoms with Gasteiger partial charge in [-0.05, 0) is 77.0 Å². The van der Waals surface area contributed by atoms with Gasteiger partial charge in [0.25, 0.3) is 0 Å². The molecule has 0 aliphatic rings. The number of ether oxygens (including phenoxy) is 1. The Bertz CT molecular complexity index is 1280. The fourth-order valence-corrected chi connectivity index (χ4v) is 12.0. The zero-order chi connectivity index (χ0) is 59.2. The van der Waals surface area contributed by atoms with E-state index < -0.39 is 12.1 Å². The van der Waals surface area contributed by atoms with Gasteiger partial charge in [0.2, 0.25) is 5.91 Å². The van der Waals surface area contributed by atoms with E-state index in [-0.39, 0.29) is 18.5 Å². The van der Waals surface area contributed by atoms with Gasteiger partial charge in [-0.2, -0.15) is 0 Å². The molecule has 0 aromatic heterocycles. The molecule has 0 spiro atoms. The lowest BCUT2D eigenvalue weighted by atomic mass is 10.0. The van der Waals surface area contributed by atoms with Gasteiger partial charge in [0, 0.05) is 12.8 Å². The zero-order valence-electron chi connectivity index (χ0n) is 55.8. The number of amides is 1. The summed E-state index contributed by atoms with van der Waals surface area (Å²) < 4.78 is 5.50. The van der Waals surface area contributed by atoms with Crippen LogP contribution in [-0.4, -0.2) is 47.4 Å². The fourth-order valence-electron chi connectivity index (χ4n) is 12.0. The number of rotatable bonds is 71. The number of hydrogen-bond donors (Lipinski definition) is 3. The van der Waals surface area contributed by atoms with E-state index in [0.717, 1.165) is 44.9 Å². The maximum Gasteiger partial charge on any atom is 0.305 e. The van der Waals surface area contributed by atoms with E-state index >= 15 is 0 Å². The second-order valence-electron chi connectivity index (χ2n) is 26.0. The molecule has 0 aromatic rings. The van der Waals surface area contributed by atoms with E-state index in [0.29, 0.717) is 25.9 Å². The van der Waals surface area contributed by atoms with Crippen LogP contribution >= 0.6 is 0 Å². The molecule has 486 valence electrons. The maximum atomic E-state index is 12.6. The Kier molecular flexibility index (Phi) is 70.4. The second-order valence-corrected chi connectivity index (χ2v) is 26.0. The first-order valence-electron chi connectivity index (χ1n) is 37.6. The van der Waals surface area contributed by atoms with Gasteiger partial charge in [-0.3, -0.25) is 9.59 Å². The molecule has 82 heavy (non-hydrogen) atoms. The van der Waals surface area contributed by atoms with E-state index in [9.17, 15) is 19.8 Å². The minimum absolute atomic E-state index is 0.00719. The first-order chi connectivity index (χ1) is 40.5. The number of carbonyl (C=O) groups is 2. The van der Waals surface area contributed by atoms with Gasteiger partial charge in [0.1, 0.15) is 0 Å². The lowest BCUT2D eigenvalue weighted by Gasteiger charge is -2.22. The van der Waals surface area contributed by atoms with Crippen LogP contribution in [0.1, 0.15) is 425 Å². The summed E-state index contributed by atoms with van der Waals surface area (Å²) in [6.07, 6.45) is 91.0. The van der Waals surface area contributed by atoms with Crippen molar-refractivity contribution in [2.75, 3.05) is 13.2 Å². The van der Waals surface area contributed by atoms with Crippen molar-refractivity contribution in [1.82, 2.24) is 5.32 Å². The molecule has 6 heteroatoms. The van der Waals surface area contributed by atoms with E-state index in [1.54, 1.807) is 0 Å². The van der Waals surface area contributed by atoms with Crippen LogP contribution in [0.5, 0.6) is 0 Å². The fraction of sp³-hybridized carbons (Fsp3) is 0.921. The number of carbonyl (C=O) groups excluding carboxylic acids is 2. The van der Waals surface area contributed by atoms with E-state index in [1.807, 2.05) is 0 Å². The van der Waals surface area contributed by atoms with Crippen LogP contribution in [0.25, 0.3) is 0 Å². The first-order valence-corrected chi connectivity index (χ1v) is 37.6. The van der Waals surface area contributed by atoms with Crippen LogP contribution in [0.4, 0.5) is 0 Å². The highest BCUT2D eigenvalue weighted by atomic mass is 16.5. The summed E-state index contributed by atoms with van der Waals surface area (Å²) in [5, 5.41) is 23.5. The largest absolute Gasteiger partial charge is 0.466 e. The summed E-state index contributed by atoms with van der Waals surface area (Å²) >= 11 is 0. The summed E-state index contributed by atoms with van der Waals surface area (Å²) in [5.41, 5.74) is 0. The van der Waals surface area contributed by atoms with Crippen LogP contribution < -0.4 is 5.32 Å². The molecule has 0 aromatic carbocycles. The topological polar surface area (TPSA) is 95.9 Å². The van der Waals surface area contributed by atoms with E-state index in [2.05, 4.69) is 43.5 Å². The third kappa shape index (κ3) is 67.5. The Labute approximate surface area is 513 Å². The Morgan fingerprint density at radius 3 is 0.866 bits per heavy atom. The van der Waals surface area contributed by atoms with Gasteiger partial charge in [-0.15, -0.1) is 0 Å². The minimum Gasteiger partial charge on any atom is -0.466 e. The predicted molar refractivity (Wildman–Crippen MR) is 361 cm³/mol. The molecule has 0 aliphatic carbocycles. The third-order valence-electron chi connectivity index (χ3n) is 17.7. The maximum absolute atomic E-state index is 12.6. The van der Waals surface area contributed by atoms with Gasteiger partial charge in [0.15, 0.2) is 0 Å². The number of hydrogen-bond acceptors (Lipinski definition) is 5. The van der Waals surface area contributed by atoms with Crippen molar-refractivity contribution >= 4 is 11.9 Å². The highest BCUT2D eigenvalue weighted by molar-refractivity contribution is 5.76. The predicted octanol–water partition coefficient (Wildman–Crippen LogP) is 24.5. The van der Waals surface area contributed by atoms with Crippen LogP contribution in [0, 0.1) is 0 Å². The van der Waals surface area contributed by atoms with Crippen molar-refractivity contribution < 1.29 is 24.5 Å². The van der Waals surface area contributed by atoms with Crippen LogP contribution in [0.3, 0.4) is 0 Å². The molecule has 6 nitrogen and oxygen atoms in total. The monoisotopic (exact) mass is 1150 g/mol. The van der Waals surface area contributed by atoms with Gasteiger partial charge >= 0.3 is 5.97 Å². The van der Waals surface area contributed by atoms with Crippen LogP contribution in [0.15, 0.2) is 24.3 Å². The van der Waals surface area contributed by atoms with Gasteiger partial charge in [0.05, 0.1) is 25.4 Å². The summed E-state index contributed by atoms with van der Waals surface area (Å²) in [7, 11) is 0. The number of esters is 1. The summed E-state index contributed by atoms with van der Waals surface area (Å²) in [6, 6.07) is -0.545. The lowest BCUT2D eigenvalue weighted by Crippen LogP contribution is -2.45. The number of aliphatic hydroxyl groups is 2. The molecule has 2 atom stereocenters. The average Bonchev–Trinajstić information content (AvgIpc) is 3.48. The van der Waals surface area contributed by atoms with Crippen molar-refractivity contribution in [3.05, 3.63) is 24.3 Å². The highest BCUT2D eigenvalue weighted by Gasteiger charge is 2.20. The molecule has 1 amide bonds. The zero-order valence-corrected chi connectivity index (χ0v) is 55.8. The molecule has 3 N–H and O–H groups in total. The molecule has 0 heterocycles. The SMILES string of the molecule is CCCCCCCCC/C=C\CCCCCCCC(=O)OCCCCCCCCCCCCCC/C=C\CCCCCCCCCCCC(=O)NC(CO)C(O)CCCCCCCCCCCCCCCCCCCCCCCCCC. The smallest absolute Gasteiger partial charge is 0.305 e. The molecular weight excluding hydrogens is 1010 g/mol. The van der Waals surface area contributed by atoms with Crippen molar-refractivity contribution in [1.29, 1.82) is 0 Å². The molecule has 0 saturated carbocycles. The van der Waals surface area contributed by atoms with Crippen molar-refractivity contribution in [3.8, 4) is 0 Å². The Hall–Kier alpha value is -1.66. The second kappa shape index (κ2) is 71.8. The number of aliphatic hydroxyl groups excluding tert-OH is 2. The van der Waals surface area contributed by atoms with E-state index in [1.165, 1.54) is 347 Å². The van der Waals surface area contributed by atoms with Gasteiger partial charge in [-0.1, -0.05) is 359 Å². The average molecular weight is 1160 g/mol. The molecule has 0 bridgehead atoms. The molecular formula is C76H147NO5. The van der Waals surface area contributed by atoms with Crippen molar-refractivity contribution in [2.24, 2.45) is 0 Å². The summed E-state index contributed by atoms with van der Waals surface area (Å²) in [5.74, 6) is -0.0258. The molecule has 0 aliphatic heterocycles. The molecule has 0 saturated heterocycles. The lowest BCUT2D eigenvalue weighted by molar-refractivity contribution is -0.143. The first kappa shape index (κ1) is 80.3. The van der Waals surface area contributed by atoms with Gasteiger partial charge in [-0.25, -0.2) is 0 Å². The number of nitrogens with one attached hydrogen (secondary N) is 1. The highest BCUT2D eigenvalue weighted by Crippen LogP contribution is 2.19. The molecule has 0 fully saturated rings. The molecule has 0 rings (SSSR count). The standard InChI is InChI=1S/C76H147NO5/c1-3-5-7-9-11-13-15-17-19-21-22-23-24-28-31-34-37-40-44-48-52-56-60-64-68-74(79)73(72-78)77-75(80)69-65-61-57-53-49-45-41-38-35-32-29-26-25-27-30-33-36-39-43-47-51-55-59-63-67-71-82-76(81)70-66-62-58-54-50-46-42-20-18-16-14-12-10-8-6-4-2/h20,26,29,42,73-74,78-79H,3-19,21-25,27-28,30-41,43-72H2,1-2H3,(H,77,80)/b29-26-,42-20-. The van der Waals surface area contributed by atoms with E-state index in [4.69, 9.17) is 4.74 Å². The van der Waals surface area contributed by atoms with Crippen molar-refractivity contribution in [3.63, 3.8) is 0 Å². The van der Waals surface area contributed by atoms with Crippen LogP contribution in [-0.2, 0) is 14.3 Å². The minimum atomic E-state index is -0.668. The molecule has 2 unspecified atom stereocenters.